The molecule has 1 N–H and O–H groups in total. The number of allylic oxidation sites excluding steroid dienone is 1. The molecule has 1 unspecified atom stereocenters. The Balaban J connectivity index is 2.62. The molecule has 0 aromatic heterocycles. The summed E-state index contributed by atoms with van der Waals surface area (Å²) in [7, 11) is 3.77. The standard InChI is InChI=1S/C6H9N/c1-6-4-3-5-7(6)2/h3-4,7H,1-2,5H2. The Morgan fingerprint density at radius 2 is 2.57 bits per heavy atom. The lowest BCUT2D eigenvalue weighted by Gasteiger charge is -2.11. The Kier molecular flexibility index (Phi) is 0.988. The van der Waals surface area contributed by atoms with E-state index in [1.807, 2.05) is 6.08 Å². The summed E-state index contributed by atoms with van der Waals surface area (Å²) < 4.78 is 0. The molecule has 0 bridgehead atoms. The Hall–Kier alpha value is -0.560. The van der Waals surface area contributed by atoms with E-state index >= 15 is 0 Å². The zero-order valence-corrected chi connectivity index (χ0v) is 4.28. The van der Waals surface area contributed by atoms with Gasteiger partial charge in [0.1, 0.15) is 0 Å². The van der Waals surface area contributed by atoms with Gasteiger partial charge < -0.3 is 4.90 Å². The highest BCUT2D eigenvalue weighted by atomic mass is 15.1. The average Bonchev–Trinajstić information content (AvgIpc) is 1.91. The van der Waals surface area contributed by atoms with Crippen LogP contribution in [0.15, 0.2) is 24.4 Å². The van der Waals surface area contributed by atoms with E-state index in [1.54, 1.807) is 0 Å². The van der Waals surface area contributed by atoms with Crippen molar-refractivity contribution >= 4 is 0 Å². The Labute approximate surface area is 43.9 Å². The van der Waals surface area contributed by atoms with E-state index in [-0.39, 0.29) is 0 Å². The average molecular weight is 95.1 g/mol. The highest BCUT2D eigenvalue weighted by Crippen LogP contribution is 1.85. The van der Waals surface area contributed by atoms with Crippen LogP contribution >= 0.6 is 0 Å². The number of rotatable bonds is 0. The minimum Gasteiger partial charge on any atom is -0.432 e. The molecule has 0 aromatic rings. The second kappa shape index (κ2) is 1.51. The van der Waals surface area contributed by atoms with Gasteiger partial charge in [-0.05, 0) is 18.7 Å². The minimum absolute atomic E-state index is 0.999. The fourth-order valence-corrected chi connectivity index (χ4v) is 0.592. The van der Waals surface area contributed by atoms with E-state index in [1.165, 1.54) is 0 Å². The van der Waals surface area contributed by atoms with Gasteiger partial charge in [0.25, 0.3) is 0 Å². The number of hydrogen-bond donors (Lipinski definition) is 1. The van der Waals surface area contributed by atoms with E-state index in [2.05, 4.69) is 19.7 Å². The zero-order valence-electron chi connectivity index (χ0n) is 4.28. The molecule has 0 spiro atoms. The first-order valence-electron chi connectivity index (χ1n) is 2.34. The van der Waals surface area contributed by atoms with Crippen LogP contribution < -0.4 is 4.90 Å². The highest BCUT2D eigenvalue weighted by Gasteiger charge is 2.01. The van der Waals surface area contributed by atoms with Crippen molar-refractivity contribution in [3.05, 3.63) is 31.5 Å². The maximum absolute atomic E-state index is 3.77. The summed E-state index contributed by atoms with van der Waals surface area (Å²) in [5.74, 6) is 0. The van der Waals surface area contributed by atoms with E-state index in [0.717, 1.165) is 17.1 Å². The molecular weight excluding hydrogens is 86.1 g/mol. The fraction of sp³-hybridized carbons (Fsp3) is 0.167. The predicted octanol–water partition coefficient (Wildman–Crippen LogP) is -0.254. The molecule has 1 nitrogen and oxygen atoms in total. The van der Waals surface area contributed by atoms with Gasteiger partial charge in [0.15, 0.2) is 0 Å². The molecule has 1 aliphatic rings. The summed E-state index contributed by atoms with van der Waals surface area (Å²) in [5, 5.41) is 0. The zero-order chi connectivity index (χ0) is 5.28. The number of hydrogen-bond acceptors (Lipinski definition) is 0. The van der Waals surface area contributed by atoms with Crippen LogP contribution in [-0.4, -0.2) is 6.54 Å². The maximum Gasteiger partial charge on any atom is 0.0973 e. The van der Waals surface area contributed by atoms with Crippen LogP contribution in [0, 0.1) is 7.05 Å². The first-order chi connectivity index (χ1) is 3.30. The largest absolute Gasteiger partial charge is 0.432 e. The van der Waals surface area contributed by atoms with Crippen LogP contribution in [0.4, 0.5) is 0 Å². The van der Waals surface area contributed by atoms with Gasteiger partial charge in [-0.3, -0.25) is 0 Å². The molecule has 1 heterocycles. The summed E-state index contributed by atoms with van der Waals surface area (Å²) in [5.41, 5.74) is 1.08. The SMILES string of the molecule is C=C1C=CC[NH+]1[CH2-]. The summed E-state index contributed by atoms with van der Waals surface area (Å²) in [6, 6.07) is 0. The maximum atomic E-state index is 3.77. The van der Waals surface area contributed by atoms with Gasteiger partial charge in [0.05, 0.1) is 12.2 Å². The van der Waals surface area contributed by atoms with Crippen molar-refractivity contribution in [2.75, 3.05) is 6.54 Å². The molecule has 1 aliphatic heterocycles. The monoisotopic (exact) mass is 95.1 g/mol. The van der Waals surface area contributed by atoms with Crippen LogP contribution in [0.3, 0.4) is 0 Å². The van der Waals surface area contributed by atoms with E-state index in [9.17, 15) is 0 Å². The van der Waals surface area contributed by atoms with Crippen molar-refractivity contribution < 1.29 is 4.90 Å². The molecule has 1 rings (SSSR count). The summed E-state index contributed by atoms with van der Waals surface area (Å²) in [4.78, 5) is 1.15. The second-order valence-corrected chi connectivity index (χ2v) is 1.74. The van der Waals surface area contributed by atoms with Gasteiger partial charge >= 0.3 is 0 Å². The minimum atomic E-state index is 0.999. The summed E-state index contributed by atoms with van der Waals surface area (Å²) in [6.45, 7) is 4.75. The van der Waals surface area contributed by atoms with E-state index in [0.29, 0.717) is 0 Å². The second-order valence-electron chi connectivity index (χ2n) is 1.74. The van der Waals surface area contributed by atoms with Crippen LogP contribution in [0.25, 0.3) is 0 Å². The first-order valence-corrected chi connectivity index (χ1v) is 2.34. The quantitative estimate of drug-likeness (QED) is 0.396. The molecule has 0 aliphatic carbocycles. The van der Waals surface area contributed by atoms with Gasteiger partial charge in [-0.1, -0.05) is 0 Å². The summed E-state index contributed by atoms with van der Waals surface area (Å²) >= 11 is 0. The van der Waals surface area contributed by atoms with Crippen molar-refractivity contribution in [1.29, 1.82) is 0 Å². The third kappa shape index (κ3) is 0.722. The highest BCUT2D eigenvalue weighted by molar-refractivity contribution is 5.09. The predicted molar refractivity (Wildman–Crippen MR) is 29.5 cm³/mol. The lowest BCUT2D eigenvalue weighted by molar-refractivity contribution is -0.796. The Morgan fingerprint density at radius 3 is 2.71 bits per heavy atom. The normalized spacial score (nSPS) is 29.3. The molecule has 0 radical (unpaired) electrons. The molecule has 0 amide bonds. The molecule has 1 heteroatoms. The van der Waals surface area contributed by atoms with Crippen molar-refractivity contribution in [2.24, 2.45) is 0 Å². The third-order valence-corrected chi connectivity index (χ3v) is 1.14. The molecule has 0 aromatic carbocycles. The molecule has 1 atom stereocenters. The molecular formula is C6H9N. The van der Waals surface area contributed by atoms with E-state index < -0.39 is 0 Å². The molecule has 38 valence electrons. The van der Waals surface area contributed by atoms with Crippen molar-refractivity contribution in [3.8, 4) is 0 Å². The van der Waals surface area contributed by atoms with Crippen LogP contribution in [-0.2, 0) is 0 Å². The fourth-order valence-electron chi connectivity index (χ4n) is 0.592. The topological polar surface area (TPSA) is 4.44 Å². The van der Waals surface area contributed by atoms with Crippen LogP contribution in [0.5, 0.6) is 0 Å². The van der Waals surface area contributed by atoms with Gasteiger partial charge in [-0.15, -0.1) is 7.05 Å². The Bertz CT molecular complexity index is 113. The van der Waals surface area contributed by atoms with Crippen LogP contribution in [0.2, 0.25) is 0 Å². The number of quaternary nitrogens is 1. The molecule has 0 saturated heterocycles. The van der Waals surface area contributed by atoms with Crippen molar-refractivity contribution in [1.82, 2.24) is 0 Å². The third-order valence-electron chi connectivity index (χ3n) is 1.14. The van der Waals surface area contributed by atoms with Gasteiger partial charge in [0.2, 0.25) is 0 Å². The first kappa shape index (κ1) is 4.60. The van der Waals surface area contributed by atoms with Crippen molar-refractivity contribution in [2.45, 2.75) is 0 Å². The van der Waals surface area contributed by atoms with E-state index in [4.69, 9.17) is 0 Å². The lowest BCUT2D eigenvalue weighted by Crippen LogP contribution is -3.02. The molecule has 0 saturated carbocycles. The van der Waals surface area contributed by atoms with Crippen molar-refractivity contribution in [3.63, 3.8) is 0 Å². The Morgan fingerprint density at radius 1 is 1.86 bits per heavy atom. The van der Waals surface area contributed by atoms with Gasteiger partial charge in [-0.25, -0.2) is 0 Å². The van der Waals surface area contributed by atoms with Gasteiger partial charge in [0, 0.05) is 0 Å². The summed E-state index contributed by atoms with van der Waals surface area (Å²) in [6.07, 6.45) is 4.08. The number of nitrogens with one attached hydrogen (secondary N) is 1. The molecule has 0 fully saturated rings. The van der Waals surface area contributed by atoms with Crippen LogP contribution in [0.1, 0.15) is 0 Å². The van der Waals surface area contributed by atoms with Gasteiger partial charge in [-0.2, -0.15) is 0 Å². The molecule has 7 heavy (non-hydrogen) atoms. The smallest absolute Gasteiger partial charge is 0.0973 e. The lowest BCUT2D eigenvalue weighted by atomic mass is 10.5.